The van der Waals surface area contributed by atoms with Crippen molar-refractivity contribution >= 4 is 27.4 Å². The van der Waals surface area contributed by atoms with Gasteiger partial charge in [-0.15, -0.1) is 0 Å². The van der Waals surface area contributed by atoms with Gasteiger partial charge in [-0.05, 0) is 85.0 Å². The monoisotopic (exact) mass is 534 g/mol. The van der Waals surface area contributed by atoms with Crippen molar-refractivity contribution in [3.8, 4) is 17.2 Å². The Bertz CT molecular complexity index is 1480. The van der Waals surface area contributed by atoms with Crippen LogP contribution in [0.2, 0.25) is 0 Å². The van der Waals surface area contributed by atoms with E-state index in [1.165, 1.54) is 6.92 Å². The van der Waals surface area contributed by atoms with Gasteiger partial charge in [-0.1, -0.05) is 18.2 Å². The molecule has 9 heteroatoms. The number of allylic oxidation sites excluding steroid dienone is 2. The minimum atomic E-state index is -3.79. The van der Waals surface area contributed by atoms with Crippen LogP contribution in [0.5, 0.6) is 17.2 Å². The SMILES string of the molecule is CCOc1ccc(NS(=O)(=O)c2ccc3c(c2)C2C=CCC2C(c2ccc(OC(C)=O)c(OC)c2)N3)cc1. The van der Waals surface area contributed by atoms with Crippen LogP contribution in [0.25, 0.3) is 0 Å². The standard InChI is InChI=1S/C29H30N2O6S/c1-4-36-21-11-9-20(10-12-21)31-38(33,34)22-13-14-26-25(17-22)23-6-5-7-24(23)29(30-26)19-8-15-27(37-18(2)32)28(16-19)35-3/h5-6,8-17,23-24,29-31H,4,7H2,1-3H3. The number of methoxy groups -OCH3 is 1. The number of nitrogens with one attached hydrogen (secondary N) is 2. The lowest BCUT2D eigenvalue weighted by atomic mass is 9.77. The molecule has 1 aliphatic carbocycles. The van der Waals surface area contributed by atoms with E-state index in [9.17, 15) is 13.2 Å². The quantitative estimate of drug-likeness (QED) is 0.219. The van der Waals surface area contributed by atoms with E-state index in [1.54, 1.807) is 49.6 Å². The Balaban J connectivity index is 1.42. The molecular formula is C29H30N2O6S. The first-order chi connectivity index (χ1) is 18.3. The zero-order chi connectivity index (χ0) is 26.9. The van der Waals surface area contributed by atoms with Crippen LogP contribution in [-0.2, 0) is 14.8 Å². The molecule has 3 aromatic carbocycles. The van der Waals surface area contributed by atoms with Crippen LogP contribution in [0, 0.1) is 5.92 Å². The molecule has 198 valence electrons. The second-order valence-corrected chi connectivity index (χ2v) is 11.0. The van der Waals surface area contributed by atoms with Crippen LogP contribution in [0.15, 0.2) is 77.7 Å². The highest BCUT2D eigenvalue weighted by molar-refractivity contribution is 7.92. The number of hydrogen-bond donors (Lipinski definition) is 2. The molecule has 3 aromatic rings. The van der Waals surface area contributed by atoms with Crippen molar-refractivity contribution in [2.45, 2.75) is 37.1 Å². The number of rotatable bonds is 8. The highest BCUT2D eigenvalue weighted by Gasteiger charge is 2.38. The van der Waals surface area contributed by atoms with Gasteiger partial charge in [0.2, 0.25) is 0 Å². The van der Waals surface area contributed by atoms with Gasteiger partial charge in [0, 0.05) is 24.2 Å². The molecule has 5 rings (SSSR count). The number of benzene rings is 3. The molecule has 2 aliphatic rings. The highest BCUT2D eigenvalue weighted by Crippen LogP contribution is 2.51. The van der Waals surface area contributed by atoms with Crippen molar-refractivity contribution < 1.29 is 27.4 Å². The molecule has 0 fully saturated rings. The molecule has 0 spiro atoms. The number of sulfonamides is 1. The molecule has 0 saturated carbocycles. The summed E-state index contributed by atoms with van der Waals surface area (Å²) in [5, 5.41) is 3.61. The lowest BCUT2D eigenvalue weighted by molar-refractivity contribution is -0.132. The second-order valence-electron chi connectivity index (χ2n) is 9.29. The van der Waals surface area contributed by atoms with Gasteiger partial charge in [0.05, 0.1) is 24.7 Å². The smallest absolute Gasteiger partial charge is 0.308 e. The van der Waals surface area contributed by atoms with E-state index in [0.29, 0.717) is 29.5 Å². The first-order valence-electron chi connectivity index (χ1n) is 12.5. The number of esters is 1. The van der Waals surface area contributed by atoms with E-state index in [4.69, 9.17) is 14.2 Å². The number of anilines is 2. The fraction of sp³-hybridized carbons (Fsp3) is 0.276. The van der Waals surface area contributed by atoms with Crippen LogP contribution in [0.4, 0.5) is 11.4 Å². The third kappa shape index (κ3) is 5.06. The second kappa shape index (κ2) is 10.4. The molecule has 0 radical (unpaired) electrons. The lowest BCUT2D eigenvalue weighted by Gasteiger charge is -2.38. The fourth-order valence-corrected chi connectivity index (χ4v) is 6.28. The average molecular weight is 535 g/mol. The lowest BCUT2D eigenvalue weighted by Crippen LogP contribution is -2.29. The van der Waals surface area contributed by atoms with Crippen molar-refractivity contribution in [1.82, 2.24) is 0 Å². The fourth-order valence-electron chi connectivity index (χ4n) is 5.19. The third-order valence-corrected chi connectivity index (χ3v) is 8.24. The van der Waals surface area contributed by atoms with Crippen LogP contribution >= 0.6 is 0 Å². The van der Waals surface area contributed by atoms with Crippen molar-refractivity contribution in [3.05, 3.63) is 83.9 Å². The largest absolute Gasteiger partial charge is 0.494 e. The van der Waals surface area contributed by atoms with Crippen LogP contribution in [-0.4, -0.2) is 28.1 Å². The maximum Gasteiger partial charge on any atom is 0.308 e. The first-order valence-corrected chi connectivity index (χ1v) is 14.0. The molecule has 3 atom stereocenters. The van der Waals surface area contributed by atoms with E-state index in [1.807, 2.05) is 25.1 Å². The molecule has 0 bridgehead atoms. The number of carbonyl (C=O) groups excluding carboxylic acids is 1. The van der Waals surface area contributed by atoms with Gasteiger partial charge in [-0.25, -0.2) is 8.42 Å². The molecule has 0 aromatic heterocycles. The molecule has 0 saturated heterocycles. The van der Waals surface area contributed by atoms with Crippen molar-refractivity contribution in [1.29, 1.82) is 0 Å². The maximum atomic E-state index is 13.2. The van der Waals surface area contributed by atoms with Gasteiger partial charge in [-0.3, -0.25) is 9.52 Å². The van der Waals surface area contributed by atoms with Crippen LogP contribution in [0.3, 0.4) is 0 Å². The summed E-state index contributed by atoms with van der Waals surface area (Å²) in [6.07, 6.45) is 5.14. The number of hydrogen-bond acceptors (Lipinski definition) is 7. The van der Waals surface area contributed by atoms with E-state index in [0.717, 1.165) is 23.2 Å². The molecule has 1 heterocycles. The zero-order valence-electron chi connectivity index (χ0n) is 21.4. The van der Waals surface area contributed by atoms with Crippen molar-refractivity contribution in [3.63, 3.8) is 0 Å². The van der Waals surface area contributed by atoms with E-state index < -0.39 is 16.0 Å². The molecular weight excluding hydrogens is 504 g/mol. The predicted molar refractivity (Wildman–Crippen MR) is 146 cm³/mol. The summed E-state index contributed by atoms with van der Waals surface area (Å²) >= 11 is 0. The first kappa shape index (κ1) is 25.7. The van der Waals surface area contributed by atoms with E-state index in [-0.39, 0.29) is 22.8 Å². The minimum Gasteiger partial charge on any atom is -0.494 e. The molecule has 8 nitrogen and oxygen atoms in total. The maximum absolute atomic E-state index is 13.2. The summed E-state index contributed by atoms with van der Waals surface area (Å²) in [5.74, 6) is 1.36. The predicted octanol–water partition coefficient (Wildman–Crippen LogP) is 5.65. The Labute approximate surface area is 222 Å². The van der Waals surface area contributed by atoms with E-state index >= 15 is 0 Å². The summed E-state index contributed by atoms with van der Waals surface area (Å²) < 4.78 is 45.3. The molecule has 1 aliphatic heterocycles. The van der Waals surface area contributed by atoms with Crippen molar-refractivity contribution in [2.75, 3.05) is 23.8 Å². The minimum absolute atomic E-state index is 0.0350. The third-order valence-electron chi connectivity index (χ3n) is 6.86. The van der Waals surface area contributed by atoms with Gasteiger partial charge in [-0.2, -0.15) is 0 Å². The summed E-state index contributed by atoms with van der Waals surface area (Å²) in [4.78, 5) is 11.6. The zero-order valence-corrected chi connectivity index (χ0v) is 22.2. The number of ether oxygens (including phenoxy) is 3. The van der Waals surface area contributed by atoms with Crippen molar-refractivity contribution in [2.24, 2.45) is 5.92 Å². The Hall–Kier alpha value is -3.98. The highest BCUT2D eigenvalue weighted by atomic mass is 32.2. The summed E-state index contributed by atoms with van der Waals surface area (Å²) in [5.41, 5.74) is 3.29. The summed E-state index contributed by atoms with van der Waals surface area (Å²) in [6.45, 7) is 3.79. The Morgan fingerprint density at radius 3 is 2.55 bits per heavy atom. The Morgan fingerprint density at radius 2 is 1.84 bits per heavy atom. The molecule has 0 amide bonds. The topological polar surface area (TPSA) is 103 Å². The van der Waals surface area contributed by atoms with Gasteiger partial charge in [0.1, 0.15) is 5.75 Å². The summed E-state index contributed by atoms with van der Waals surface area (Å²) in [6, 6.07) is 17.6. The molecule has 2 N–H and O–H groups in total. The van der Waals surface area contributed by atoms with Crippen LogP contribution < -0.4 is 24.2 Å². The molecule has 3 unspecified atom stereocenters. The van der Waals surface area contributed by atoms with Gasteiger partial charge in [0.25, 0.3) is 10.0 Å². The number of fused-ring (bicyclic) bond motifs is 3. The summed E-state index contributed by atoms with van der Waals surface area (Å²) in [7, 11) is -2.25. The van der Waals surface area contributed by atoms with Gasteiger partial charge in [0.15, 0.2) is 11.5 Å². The van der Waals surface area contributed by atoms with Gasteiger partial charge >= 0.3 is 5.97 Å². The van der Waals surface area contributed by atoms with Gasteiger partial charge < -0.3 is 19.5 Å². The average Bonchev–Trinajstić information content (AvgIpc) is 3.39. The Morgan fingerprint density at radius 1 is 1.05 bits per heavy atom. The van der Waals surface area contributed by atoms with Crippen LogP contribution in [0.1, 0.15) is 43.4 Å². The normalized spacial score (nSPS) is 19.6. The molecule has 38 heavy (non-hydrogen) atoms. The van der Waals surface area contributed by atoms with E-state index in [2.05, 4.69) is 22.2 Å². The Kier molecular flexibility index (Phi) is 7.03. The number of carbonyl (C=O) groups is 1.